The van der Waals surface area contributed by atoms with Crippen molar-refractivity contribution < 1.29 is 9.13 Å². The average molecular weight is 325 g/mol. The number of nitrogens with zero attached hydrogens (tertiary/aromatic N) is 1. The highest BCUT2D eigenvalue weighted by atomic mass is 35.5. The van der Waals surface area contributed by atoms with Crippen molar-refractivity contribution >= 4 is 33.8 Å². The largest absolute Gasteiger partial charge is 0.398 e. The SMILES string of the molecule is Nc1cc(Cl)ccc1S(=O)CCc1ccc([N+](=O)[O-])cc1. The van der Waals surface area contributed by atoms with E-state index in [0.717, 1.165) is 5.56 Å². The number of nitro benzene ring substituents is 1. The summed E-state index contributed by atoms with van der Waals surface area (Å²) < 4.78 is 12.2. The van der Waals surface area contributed by atoms with Crippen LogP contribution in [0.3, 0.4) is 0 Å². The Kier molecular flexibility index (Phi) is 4.93. The Morgan fingerprint density at radius 3 is 2.43 bits per heavy atom. The van der Waals surface area contributed by atoms with Gasteiger partial charge in [-0.25, -0.2) is 0 Å². The van der Waals surface area contributed by atoms with Crippen LogP contribution in [-0.4, -0.2) is 14.9 Å². The fourth-order valence-corrected chi connectivity index (χ4v) is 3.19. The number of hydrogen-bond donors (Lipinski definition) is 1. The molecule has 7 heteroatoms. The zero-order valence-electron chi connectivity index (χ0n) is 11.0. The molecule has 2 rings (SSSR count). The van der Waals surface area contributed by atoms with Crippen LogP contribution in [-0.2, 0) is 17.2 Å². The minimum absolute atomic E-state index is 0.0434. The van der Waals surface area contributed by atoms with Crippen molar-refractivity contribution in [2.24, 2.45) is 0 Å². The molecule has 0 bridgehead atoms. The van der Waals surface area contributed by atoms with Crippen LogP contribution < -0.4 is 5.73 Å². The first kappa shape index (κ1) is 15.5. The molecule has 110 valence electrons. The van der Waals surface area contributed by atoms with Gasteiger partial charge in [-0.3, -0.25) is 14.3 Å². The summed E-state index contributed by atoms with van der Waals surface area (Å²) in [6.07, 6.45) is 0.548. The van der Waals surface area contributed by atoms with Crippen LogP contribution in [0, 0.1) is 10.1 Å². The molecule has 1 atom stereocenters. The summed E-state index contributed by atoms with van der Waals surface area (Å²) in [6, 6.07) is 11.1. The van der Waals surface area contributed by atoms with Crippen LogP contribution in [0.2, 0.25) is 5.02 Å². The van der Waals surface area contributed by atoms with E-state index >= 15 is 0 Å². The summed E-state index contributed by atoms with van der Waals surface area (Å²) in [5, 5.41) is 11.1. The third-order valence-electron chi connectivity index (χ3n) is 2.94. The molecule has 5 nitrogen and oxygen atoms in total. The topological polar surface area (TPSA) is 86.2 Å². The molecule has 0 saturated carbocycles. The molecule has 2 aromatic rings. The van der Waals surface area contributed by atoms with Gasteiger partial charge >= 0.3 is 0 Å². The predicted molar refractivity (Wildman–Crippen MR) is 83.9 cm³/mol. The molecule has 0 spiro atoms. The number of rotatable bonds is 5. The number of nitrogens with two attached hydrogens (primary N) is 1. The standard InChI is InChI=1S/C14H13ClN2O3S/c15-11-3-6-14(13(16)9-11)21(20)8-7-10-1-4-12(5-2-10)17(18)19/h1-6,9H,7-8,16H2. The van der Waals surface area contributed by atoms with Crippen molar-refractivity contribution in [3.8, 4) is 0 Å². The highest BCUT2D eigenvalue weighted by Crippen LogP contribution is 2.22. The van der Waals surface area contributed by atoms with E-state index in [0.29, 0.717) is 27.8 Å². The second-order valence-corrected chi connectivity index (χ2v) is 6.38. The third kappa shape index (κ3) is 4.03. The predicted octanol–water partition coefficient (Wildman–Crippen LogP) is 3.18. The van der Waals surface area contributed by atoms with E-state index in [-0.39, 0.29) is 5.69 Å². The maximum Gasteiger partial charge on any atom is 0.269 e. The summed E-state index contributed by atoms with van der Waals surface area (Å²) in [6.45, 7) is 0. The van der Waals surface area contributed by atoms with Crippen molar-refractivity contribution in [3.63, 3.8) is 0 Å². The lowest BCUT2D eigenvalue weighted by atomic mass is 10.1. The van der Waals surface area contributed by atoms with E-state index < -0.39 is 15.7 Å². The molecule has 21 heavy (non-hydrogen) atoms. The van der Waals surface area contributed by atoms with Gasteiger partial charge in [-0.2, -0.15) is 0 Å². The second kappa shape index (κ2) is 6.69. The average Bonchev–Trinajstić information content (AvgIpc) is 2.45. The minimum atomic E-state index is -1.24. The fraction of sp³-hybridized carbons (Fsp3) is 0.143. The van der Waals surface area contributed by atoms with Crippen LogP contribution in [0.4, 0.5) is 11.4 Å². The van der Waals surface area contributed by atoms with E-state index in [9.17, 15) is 14.3 Å². The van der Waals surface area contributed by atoms with Crippen molar-refractivity contribution in [1.82, 2.24) is 0 Å². The zero-order chi connectivity index (χ0) is 15.4. The van der Waals surface area contributed by atoms with Gasteiger partial charge in [0.25, 0.3) is 5.69 Å². The number of hydrogen-bond acceptors (Lipinski definition) is 4. The number of halogens is 1. The van der Waals surface area contributed by atoms with Crippen LogP contribution in [0.15, 0.2) is 47.4 Å². The molecular weight excluding hydrogens is 312 g/mol. The van der Waals surface area contributed by atoms with Gasteiger partial charge in [0.1, 0.15) is 0 Å². The molecular formula is C14H13ClN2O3S. The van der Waals surface area contributed by atoms with Crippen LogP contribution in [0.25, 0.3) is 0 Å². The fourth-order valence-electron chi connectivity index (χ4n) is 1.83. The van der Waals surface area contributed by atoms with E-state index in [4.69, 9.17) is 17.3 Å². The van der Waals surface area contributed by atoms with Gasteiger partial charge in [0.15, 0.2) is 0 Å². The third-order valence-corrected chi connectivity index (χ3v) is 4.61. The van der Waals surface area contributed by atoms with Crippen molar-refractivity contribution in [3.05, 3.63) is 63.2 Å². The number of nitro groups is 1. The van der Waals surface area contributed by atoms with Gasteiger partial charge in [0.2, 0.25) is 0 Å². The van der Waals surface area contributed by atoms with Gasteiger partial charge in [-0.15, -0.1) is 0 Å². The maximum atomic E-state index is 12.2. The molecule has 0 saturated heterocycles. The lowest BCUT2D eigenvalue weighted by Gasteiger charge is -2.06. The molecule has 0 fully saturated rings. The lowest BCUT2D eigenvalue weighted by molar-refractivity contribution is -0.384. The molecule has 0 aliphatic rings. The quantitative estimate of drug-likeness (QED) is 0.520. The van der Waals surface area contributed by atoms with Crippen LogP contribution in [0.5, 0.6) is 0 Å². The highest BCUT2D eigenvalue weighted by Gasteiger charge is 2.10. The zero-order valence-corrected chi connectivity index (χ0v) is 12.6. The first-order valence-corrected chi connectivity index (χ1v) is 7.84. The molecule has 2 N–H and O–H groups in total. The summed E-state index contributed by atoms with van der Waals surface area (Å²) in [5.74, 6) is 0.393. The minimum Gasteiger partial charge on any atom is -0.398 e. The molecule has 0 heterocycles. The number of aryl methyl sites for hydroxylation is 1. The Balaban J connectivity index is 2.02. The molecule has 0 aliphatic carbocycles. The first-order chi connectivity index (χ1) is 9.97. The lowest BCUT2D eigenvalue weighted by Crippen LogP contribution is -2.04. The van der Waals surface area contributed by atoms with Gasteiger partial charge in [0.05, 0.1) is 20.6 Å². The molecule has 0 aliphatic heterocycles. The van der Waals surface area contributed by atoms with Crippen molar-refractivity contribution in [2.75, 3.05) is 11.5 Å². The Morgan fingerprint density at radius 2 is 1.86 bits per heavy atom. The van der Waals surface area contributed by atoms with Gasteiger partial charge < -0.3 is 5.73 Å². The number of non-ortho nitro benzene ring substituents is 1. The molecule has 0 amide bonds. The van der Waals surface area contributed by atoms with Crippen LogP contribution in [0.1, 0.15) is 5.56 Å². The summed E-state index contributed by atoms with van der Waals surface area (Å²) in [4.78, 5) is 10.7. The van der Waals surface area contributed by atoms with Crippen molar-refractivity contribution in [1.29, 1.82) is 0 Å². The van der Waals surface area contributed by atoms with Gasteiger partial charge in [-0.05, 0) is 30.2 Å². The van der Waals surface area contributed by atoms with Gasteiger partial charge in [-0.1, -0.05) is 23.7 Å². The Morgan fingerprint density at radius 1 is 1.19 bits per heavy atom. The molecule has 0 aromatic heterocycles. The first-order valence-electron chi connectivity index (χ1n) is 6.14. The Hall–Kier alpha value is -1.92. The molecule has 2 aromatic carbocycles. The van der Waals surface area contributed by atoms with E-state index in [2.05, 4.69) is 0 Å². The normalized spacial score (nSPS) is 12.0. The Labute approximate surface area is 129 Å². The Bertz CT molecular complexity index is 689. The monoisotopic (exact) mass is 324 g/mol. The van der Waals surface area contributed by atoms with E-state index in [1.165, 1.54) is 12.1 Å². The maximum absolute atomic E-state index is 12.2. The summed E-state index contributed by atoms with van der Waals surface area (Å²) >= 11 is 5.80. The van der Waals surface area contributed by atoms with E-state index in [1.807, 2.05) is 0 Å². The second-order valence-electron chi connectivity index (χ2n) is 4.41. The summed E-state index contributed by atoms with van der Waals surface area (Å²) in [7, 11) is -1.24. The van der Waals surface area contributed by atoms with Gasteiger partial charge in [0, 0.05) is 28.6 Å². The van der Waals surface area contributed by atoms with Crippen LogP contribution >= 0.6 is 11.6 Å². The number of benzene rings is 2. The number of nitrogen functional groups attached to an aromatic ring is 1. The highest BCUT2D eigenvalue weighted by molar-refractivity contribution is 7.85. The van der Waals surface area contributed by atoms with E-state index in [1.54, 1.807) is 30.3 Å². The van der Waals surface area contributed by atoms with Crippen molar-refractivity contribution in [2.45, 2.75) is 11.3 Å². The molecule has 0 radical (unpaired) electrons. The number of anilines is 1. The smallest absolute Gasteiger partial charge is 0.269 e. The molecule has 1 unspecified atom stereocenters. The summed E-state index contributed by atoms with van der Waals surface area (Å²) in [5.41, 5.74) is 7.13.